The number of aromatic hydroxyl groups is 3. The number of aliphatic hydroxyl groups excluding tert-OH is 5. The maximum Gasteiger partial charge on any atom is 0.264 e. The number of phenols is 3. The summed E-state index contributed by atoms with van der Waals surface area (Å²) in [4.78, 5) is 123. The number of carbonyl (C=O) groups is 8. The van der Waals surface area contributed by atoms with Crippen LogP contribution in [0.2, 0.25) is 5.02 Å². The third-order valence-corrected chi connectivity index (χ3v) is 23.6. The summed E-state index contributed by atoms with van der Waals surface area (Å²) in [5.74, 6) is -13.1. The maximum atomic E-state index is 16.4. The number of sulfonamides is 1. The predicted molar refractivity (Wildman–Crippen MR) is 400 cm³/mol. The van der Waals surface area contributed by atoms with Crippen LogP contribution in [0, 0.1) is 36.5 Å². The lowest BCUT2D eigenvalue weighted by atomic mass is 9.54. The summed E-state index contributed by atoms with van der Waals surface area (Å²) in [6, 6.07) is 5.21. The Morgan fingerprint density at radius 1 is 0.655 bits per heavy atom. The van der Waals surface area contributed by atoms with E-state index in [0.29, 0.717) is 11.8 Å². The second kappa shape index (κ2) is 33.0. The Kier molecular flexibility index (Phi) is 23.5. The van der Waals surface area contributed by atoms with Gasteiger partial charge in [0, 0.05) is 29.8 Å². The van der Waals surface area contributed by atoms with Crippen molar-refractivity contribution in [3.63, 3.8) is 0 Å². The van der Waals surface area contributed by atoms with Crippen molar-refractivity contribution in [2.45, 2.75) is 169 Å². The summed E-state index contributed by atoms with van der Waals surface area (Å²) >= 11 is 7.17. The molecule has 0 spiro atoms. The van der Waals surface area contributed by atoms with Crippen LogP contribution in [0.25, 0.3) is 11.1 Å². The quantitative estimate of drug-likeness (QED) is 0.0662. The highest BCUT2D eigenvalue weighted by atomic mass is 35.5. The summed E-state index contributed by atoms with van der Waals surface area (Å²) in [5, 5.41) is 116. The first-order valence-electron chi connectivity index (χ1n) is 37.1. The van der Waals surface area contributed by atoms with Crippen LogP contribution in [0.5, 0.6) is 51.7 Å². The first kappa shape index (κ1) is 80.6. The minimum absolute atomic E-state index is 0.0672. The van der Waals surface area contributed by atoms with Gasteiger partial charge in [0.25, 0.3) is 10.0 Å². The van der Waals surface area contributed by atoms with Gasteiger partial charge in [0.1, 0.15) is 107 Å². The number of nitrogens with one attached hydrogen (secondary N) is 9. The first-order valence-corrected chi connectivity index (χ1v) is 39.0. The van der Waals surface area contributed by atoms with Crippen LogP contribution in [-0.2, 0) is 53.1 Å². The standard InChI is InChI=1S/C78H89ClN10O23S/c1-6-108-43-10-12-44(13-11-43)113(106,107)89-57(93)30-49-72(100)84-61-41-26-54(109-52-15-8-37(18-33(52)4)65(94)63(76(104)82-49)87-71(99)48(81-5)17-32(2)3)70(112-78-69(98)68(97)67(96)56(31-80)111-78)55(27-41)110-53-16-9-38(25-47(53)79)66(95)64-77(105)86-62(75(103)83-59-39-20-34-19-35(22-39)23-40(59)21-34)46-28-42(90)29-51(92)58(46)45-24-36(7-14-50(45)91)60(73(101)88-64)85-74(61)102/h7-16,18,24-29,32,34-35,39-40,48-49,56,59-69,78,81,90-92,94-98H,6,17,19-23,30-31,80H2,1-5H3,(H,82,104)(H,83,103)(H,84,100)(H,85,102)(H,86,105)(H,87,99)(H,88,101)(H,89,93)/t34?,35?,39?,40?,48-,49+,56-,59?,60-,61-,62+,63-,64+,65-,66-,67-,68+,69-,78+/m1/s1. The lowest BCUT2D eigenvalue weighted by molar-refractivity contribution is -0.270. The lowest BCUT2D eigenvalue weighted by Crippen LogP contribution is -2.60. The van der Waals surface area contributed by atoms with Crippen molar-refractivity contribution in [2.24, 2.45) is 35.3 Å². The number of hydrogen-bond donors (Lipinski definition) is 18. The monoisotopic (exact) mass is 1600 g/mol. The number of phenolic OH excluding ortho intramolecular Hbond substituents is 3. The number of rotatable bonds is 16. The van der Waals surface area contributed by atoms with E-state index in [1.54, 1.807) is 6.92 Å². The molecule has 8 amide bonds. The molecule has 602 valence electrons. The Bertz CT molecular complexity index is 4810. The third kappa shape index (κ3) is 16.8. The normalized spacial score (nSPS) is 28.3. The van der Waals surface area contributed by atoms with Gasteiger partial charge in [-0.3, -0.25) is 38.4 Å². The largest absolute Gasteiger partial charge is 0.508 e. The molecule has 35 heteroatoms. The summed E-state index contributed by atoms with van der Waals surface area (Å²) in [6.07, 6.45) is -10.3. The van der Waals surface area contributed by atoms with Crippen molar-refractivity contribution in [1.82, 2.24) is 47.3 Å². The molecule has 4 aliphatic carbocycles. The van der Waals surface area contributed by atoms with E-state index in [0.717, 1.165) is 92.8 Å². The highest BCUT2D eigenvalue weighted by Gasteiger charge is 2.51. The number of aryl methyl sites for hydroxylation is 1. The predicted octanol–water partition coefficient (Wildman–Crippen LogP) is 2.76. The van der Waals surface area contributed by atoms with Gasteiger partial charge in [-0.2, -0.15) is 0 Å². The fourth-order valence-corrected chi connectivity index (χ4v) is 17.7. The van der Waals surface area contributed by atoms with Crippen LogP contribution < -0.4 is 71.9 Å². The van der Waals surface area contributed by atoms with Gasteiger partial charge in [-0.15, -0.1) is 0 Å². The zero-order chi connectivity index (χ0) is 80.9. The highest BCUT2D eigenvalue weighted by Crippen LogP contribution is 2.55. The van der Waals surface area contributed by atoms with E-state index in [1.807, 2.05) is 18.6 Å². The van der Waals surface area contributed by atoms with Crippen LogP contribution in [-0.4, -0.2) is 178 Å². The van der Waals surface area contributed by atoms with Gasteiger partial charge < -0.3 is 113 Å². The highest BCUT2D eigenvalue weighted by molar-refractivity contribution is 7.90. The molecule has 6 aliphatic heterocycles. The van der Waals surface area contributed by atoms with Crippen LogP contribution in [0.1, 0.15) is 129 Å². The number of benzene rings is 6. The van der Waals surface area contributed by atoms with E-state index in [-0.39, 0.29) is 98.0 Å². The molecule has 6 aromatic carbocycles. The molecule has 6 aromatic rings. The molecular formula is C78H89ClN10O23S. The van der Waals surface area contributed by atoms with Crippen LogP contribution >= 0.6 is 11.6 Å². The van der Waals surface area contributed by atoms with Gasteiger partial charge in [0.05, 0.1) is 29.0 Å². The summed E-state index contributed by atoms with van der Waals surface area (Å²) in [7, 11) is -3.38. The Morgan fingerprint density at radius 3 is 1.92 bits per heavy atom. The number of aliphatic hydroxyl groups is 5. The third-order valence-electron chi connectivity index (χ3n) is 21.9. The van der Waals surface area contributed by atoms with Gasteiger partial charge in [-0.1, -0.05) is 43.6 Å². The van der Waals surface area contributed by atoms with Crippen molar-refractivity contribution in [3.05, 3.63) is 142 Å². The average molecular weight is 1600 g/mol. The van der Waals surface area contributed by atoms with E-state index in [2.05, 4.69) is 42.5 Å². The first-order chi connectivity index (χ1) is 53.8. The molecule has 1 saturated heterocycles. The molecule has 5 fully saturated rings. The van der Waals surface area contributed by atoms with Gasteiger partial charge in [0.15, 0.2) is 11.5 Å². The van der Waals surface area contributed by atoms with Gasteiger partial charge >= 0.3 is 0 Å². The van der Waals surface area contributed by atoms with Gasteiger partial charge in [-0.25, -0.2) is 13.1 Å². The number of hydrogen-bond acceptors (Lipinski definition) is 25. The molecule has 33 nitrogen and oxygen atoms in total. The SMILES string of the molecule is CCOc1ccc(S(=O)(=O)NC(=O)C[C@@H]2NC(=O)[C@H](NC(=O)[C@@H](CC(C)C)NC)[C@H](O)c3ccc(c(C)c3)Oc3cc4cc(c3O[C@@H]3O[C@H](CN)[C@@H](O)[C@H](O)[C@H]3O)Oc3ccc(cc3Cl)[C@@H](O)[C@@H]3NC(=O)[C@H](NC(=O)[C@@H]4NC2=O)c2ccc(O)c(c2)-c2c(O)cc(O)cc2[C@@H](C(=O)NC2C4CC5CC(C4)CC2C5)NC3=O)cc1. The number of fused-ring (bicyclic) bond motifs is 15. The minimum Gasteiger partial charge on any atom is -0.508 e. The number of amides is 8. The maximum absolute atomic E-state index is 16.4. The van der Waals surface area contributed by atoms with E-state index in [9.17, 15) is 58.9 Å². The average Bonchev–Trinajstić information content (AvgIpc) is 0.756. The summed E-state index contributed by atoms with van der Waals surface area (Å²) in [6.45, 7) is 6.58. The lowest BCUT2D eigenvalue weighted by Gasteiger charge is -2.54. The molecule has 113 heavy (non-hydrogen) atoms. The molecule has 15 bridgehead atoms. The van der Waals surface area contributed by atoms with Crippen molar-refractivity contribution in [3.8, 4) is 62.9 Å². The Morgan fingerprint density at radius 2 is 1.28 bits per heavy atom. The van der Waals surface area contributed by atoms with Gasteiger partial charge in [-0.05, 0) is 201 Å². The number of nitrogens with two attached hydrogens (primary N) is 1. The van der Waals surface area contributed by atoms with Crippen LogP contribution in [0.4, 0.5) is 0 Å². The van der Waals surface area contributed by atoms with Crippen LogP contribution in [0.15, 0.2) is 108 Å². The van der Waals surface area contributed by atoms with Crippen molar-refractivity contribution in [2.75, 3.05) is 20.2 Å². The molecule has 0 aromatic heterocycles. The molecular weight excluding hydrogens is 1510 g/mol. The molecule has 0 radical (unpaired) electrons. The minimum atomic E-state index is -4.86. The second-order valence-corrected chi connectivity index (χ2v) is 32.3. The summed E-state index contributed by atoms with van der Waals surface area (Å²) in [5.41, 5.74) is 4.08. The van der Waals surface area contributed by atoms with E-state index in [4.69, 9.17) is 41.0 Å². The smallest absolute Gasteiger partial charge is 0.264 e. The second-order valence-electron chi connectivity index (χ2n) is 30.2. The van der Waals surface area contributed by atoms with E-state index >= 15 is 28.8 Å². The summed E-state index contributed by atoms with van der Waals surface area (Å²) < 4.78 is 61.3. The van der Waals surface area contributed by atoms with Crippen molar-refractivity contribution >= 4 is 68.9 Å². The Hall–Kier alpha value is -10.4. The zero-order valence-electron chi connectivity index (χ0n) is 61.8. The molecule has 0 unspecified atom stereocenters. The molecule has 4 saturated carbocycles. The van der Waals surface area contributed by atoms with Crippen LogP contribution in [0.3, 0.4) is 0 Å². The molecule has 6 heterocycles. The molecule has 14 atom stereocenters. The molecule has 16 rings (SSSR count). The number of halogens is 1. The van der Waals surface area contributed by atoms with E-state index < -0.39 is 200 Å². The number of carbonyl (C=O) groups excluding carboxylic acids is 8. The van der Waals surface area contributed by atoms with E-state index in [1.165, 1.54) is 56.4 Å². The van der Waals surface area contributed by atoms with Crippen molar-refractivity contribution in [1.29, 1.82) is 0 Å². The van der Waals surface area contributed by atoms with Gasteiger partial charge in [0.2, 0.25) is 59.3 Å². The Labute approximate surface area is 653 Å². The fourth-order valence-electron chi connectivity index (χ4n) is 16.5. The number of likely N-dealkylation sites (N-methyl/N-ethyl adjacent to an activating group) is 1. The zero-order valence-corrected chi connectivity index (χ0v) is 63.4. The Balaban J connectivity index is 1.01. The fraction of sp³-hybridized carbons (Fsp3) is 0.436. The molecule has 19 N–H and O–H groups in total. The molecule has 10 aliphatic rings. The topological polar surface area (TPSA) is 513 Å². The number of ether oxygens (including phenoxy) is 5. The van der Waals surface area contributed by atoms with Crippen molar-refractivity contribution < 1.29 is 111 Å².